The minimum absolute atomic E-state index is 0.00840. The van der Waals surface area contributed by atoms with E-state index in [9.17, 15) is 4.79 Å². The Bertz CT molecular complexity index is 683. The van der Waals surface area contributed by atoms with Crippen molar-refractivity contribution in [2.24, 2.45) is 0 Å². The second kappa shape index (κ2) is 33.5. The molecular formula is C42H85NO5. The van der Waals surface area contributed by atoms with Gasteiger partial charge < -0.3 is 24.3 Å². The molecule has 0 spiro atoms. The summed E-state index contributed by atoms with van der Waals surface area (Å²) >= 11 is 0. The lowest BCUT2D eigenvalue weighted by Gasteiger charge is -2.28. The fraction of sp³-hybridized carbons (Fsp3) is 0.976. The van der Waals surface area contributed by atoms with Gasteiger partial charge in [0.25, 0.3) is 0 Å². The summed E-state index contributed by atoms with van der Waals surface area (Å²) in [5.74, 6) is -0.00840. The van der Waals surface area contributed by atoms with Crippen LogP contribution < -0.4 is 5.32 Å². The molecule has 0 aliphatic heterocycles. The van der Waals surface area contributed by atoms with Crippen LogP contribution in [0.25, 0.3) is 0 Å². The number of ether oxygens (including phenoxy) is 4. The number of hydrogen-bond donors (Lipinski definition) is 1. The molecule has 0 aliphatic rings. The van der Waals surface area contributed by atoms with Gasteiger partial charge >= 0.3 is 0 Å². The van der Waals surface area contributed by atoms with Crippen LogP contribution in [0, 0.1) is 0 Å². The molecular weight excluding hydrogens is 598 g/mol. The predicted octanol–water partition coefficient (Wildman–Crippen LogP) is 11.9. The maximum atomic E-state index is 12.9. The summed E-state index contributed by atoms with van der Waals surface area (Å²) in [5, 5.41) is 3.10. The molecule has 0 aromatic carbocycles. The molecule has 6 nitrogen and oxygen atoms in total. The van der Waals surface area contributed by atoms with Gasteiger partial charge in [0.1, 0.15) is 0 Å². The number of carbonyl (C=O) groups is 1. The van der Waals surface area contributed by atoms with Crippen molar-refractivity contribution in [3.05, 3.63) is 0 Å². The van der Waals surface area contributed by atoms with E-state index in [0.717, 1.165) is 32.5 Å². The Hall–Kier alpha value is -0.690. The number of methoxy groups -OCH3 is 1. The molecule has 0 radical (unpaired) electrons. The summed E-state index contributed by atoms with van der Waals surface area (Å²) in [4.78, 5) is 12.9. The van der Waals surface area contributed by atoms with Crippen molar-refractivity contribution in [1.82, 2.24) is 5.32 Å². The Morgan fingerprint density at radius 3 is 1.42 bits per heavy atom. The smallest absolute Gasteiger partial charge is 0.222 e. The molecule has 0 bridgehead atoms. The van der Waals surface area contributed by atoms with E-state index in [1.807, 2.05) is 27.7 Å². The van der Waals surface area contributed by atoms with Crippen molar-refractivity contribution in [2.45, 2.75) is 226 Å². The molecule has 48 heavy (non-hydrogen) atoms. The highest BCUT2D eigenvalue weighted by Crippen LogP contribution is 2.19. The molecule has 0 aromatic rings. The van der Waals surface area contributed by atoms with Crippen LogP contribution in [-0.4, -0.2) is 63.3 Å². The van der Waals surface area contributed by atoms with Gasteiger partial charge in [0, 0.05) is 26.9 Å². The highest BCUT2D eigenvalue weighted by Gasteiger charge is 2.25. The fourth-order valence-electron chi connectivity index (χ4n) is 6.02. The highest BCUT2D eigenvalue weighted by atomic mass is 16.5. The van der Waals surface area contributed by atoms with Crippen LogP contribution in [0.5, 0.6) is 0 Å². The van der Waals surface area contributed by atoms with Crippen LogP contribution in [0.1, 0.15) is 208 Å². The van der Waals surface area contributed by atoms with Crippen molar-refractivity contribution < 1.29 is 23.7 Å². The molecule has 0 fully saturated rings. The van der Waals surface area contributed by atoms with Gasteiger partial charge in [-0.15, -0.1) is 0 Å². The molecule has 0 heterocycles. The predicted molar refractivity (Wildman–Crippen MR) is 206 cm³/mol. The Labute approximate surface area is 300 Å². The van der Waals surface area contributed by atoms with Crippen LogP contribution in [0.3, 0.4) is 0 Å². The molecule has 1 unspecified atom stereocenters. The van der Waals surface area contributed by atoms with E-state index in [-0.39, 0.29) is 17.6 Å². The van der Waals surface area contributed by atoms with E-state index in [1.165, 1.54) is 141 Å². The maximum Gasteiger partial charge on any atom is 0.222 e. The molecule has 6 heteroatoms. The van der Waals surface area contributed by atoms with Crippen molar-refractivity contribution in [3.8, 4) is 0 Å². The average Bonchev–Trinajstić information content (AvgIpc) is 3.05. The molecule has 1 atom stereocenters. The molecule has 0 aliphatic carbocycles. The number of unbranched alkanes of at least 4 members (excludes halogenated alkanes) is 22. The lowest BCUT2D eigenvalue weighted by molar-refractivity contribution is -0.129. The Morgan fingerprint density at radius 1 is 0.562 bits per heavy atom. The van der Waals surface area contributed by atoms with Crippen molar-refractivity contribution in [2.75, 3.05) is 40.1 Å². The van der Waals surface area contributed by atoms with E-state index in [1.54, 1.807) is 7.11 Å². The number of nitrogens with one attached hydrogen (secondary N) is 1. The molecule has 288 valence electrons. The van der Waals surface area contributed by atoms with E-state index in [4.69, 9.17) is 18.9 Å². The second-order valence-electron chi connectivity index (χ2n) is 15.6. The topological polar surface area (TPSA) is 66.0 Å². The lowest BCUT2D eigenvalue weighted by Crippen LogP contribution is -2.40. The first-order valence-electron chi connectivity index (χ1n) is 20.8. The first kappa shape index (κ1) is 47.3. The maximum absolute atomic E-state index is 12.9. The monoisotopic (exact) mass is 684 g/mol. The summed E-state index contributed by atoms with van der Waals surface area (Å²) in [6.07, 6.45) is 33.1. The third-order valence-corrected chi connectivity index (χ3v) is 9.66. The van der Waals surface area contributed by atoms with Gasteiger partial charge in [-0.05, 0) is 47.0 Å². The SMILES string of the molecule is CCCCCCCCCCCCCCOCC(CNC(=O)CC(C)(C)OCCC(C)(C)OC)OCCCCCCCCCCCCCC. The normalized spacial score (nSPS) is 12.9. The molecule has 0 rings (SSSR count). The highest BCUT2D eigenvalue weighted by molar-refractivity contribution is 5.76. The van der Waals surface area contributed by atoms with Crippen LogP contribution in [-0.2, 0) is 23.7 Å². The first-order chi connectivity index (χ1) is 23.2. The summed E-state index contributed by atoms with van der Waals surface area (Å²) in [6, 6.07) is 0. The summed E-state index contributed by atoms with van der Waals surface area (Å²) in [7, 11) is 1.72. The van der Waals surface area contributed by atoms with Crippen LogP contribution in [0.15, 0.2) is 0 Å². The van der Waals surface area contributed by atoms with Gasteiger partial charge in [0.05, 0.1) is 36.9 Å². The van der Waals surface area contributed by atoms with E-state index >= 15 is 0 Å². The van der Waals surface area contributed by atoms with Crippen molar-refractivity contribution >= 4 is 5.91 Å². The van der Waals surface area contributed by atoms with E-state index < -0.39 is 5.60 Å². The molecule has 1 amide bonds. The number of hydrogen-bond acceptors (Lipinski definition) is 5. The Kier molecular flexibility index (Phi) is 33.0. The van der Waals surface area contributed by atoms with Gasteiger partial charge in [-0.25, -0.2) is 0 Å². The third kappa shape index (κ3) is 33.8. The number of amides is 1. The summed E-state index contributed by atoms with van der Waals surface area (Å²) in [5.41, 5.74) is -0.770. The number of rotatable bonds is 38. The molecule has 0 saturated heterocycles. The zero-order valence-electron chi connectivity index (χ0n) is 33.5. The van der Waals surface area contributed by atoms with Crippen LogP contribution in [0.4, 0.5) is 0 Å². The lowest BCUT2D eigenvalue weighted by atomic mass is 10.0. The van der Waals surface area contributed by atoms with Crippen LogP contribution >= 0.6 is 0 Å². The fourth-order valence-corrected chi connectivity index (χ4v) is 6.02. The van der Waals surface area contributed by atoms with Gasteiger partial charge in [-0.3, -0.25) is 4.79 Å². The van der Waals surface area contributed by atoms with Gasteiger partial charge in [-0.2, -0.15) is 0 Å². The second-order valence-corrected chi connectivity index (χ2v) is 15.6. The summed E-state index contributed by atoms with van der Waals surface area (Å²) in [6.45, 7) is 15.7. The van der Waals surface area contributed by atoms with Gasteiger partial charge in [0.15, 0.2) is 0 Å². The standard InChI is InChI=1S/C42H85NO5/c1-8-10-12-14-16-18-20-22-24-26-28-30-33-46-38-39(47-34-31-29-27-25-23-21-19-17-15-13-11-9-2)37-43-40(44)36-42(5,6)48-35-32-41(3,4)45-7/h39H,8-38H2,1-7H3,(H,43,44). The zero-order valence-corrected chi connectivity index (χ0v) is 33.5. The van der Waals surface area contributed by atoms with Gasteiger partial charge in [0.2, 0.25) is 5.91 Å². The minimum atomic E-state index is -0.537. The Morgan fingerprint density at radius 2 is 0.979 bits per heavy atom. The third-order valence-electron chi connectivity index (χ3n) is 9.66. The zero-order chi connectivity index (χ0) is 35.6. The quantitative estimate of drug-likeness (QED) is 0.0656. The van der Waals surface area contributed by atoms with E-state index in [2.05, 4.69) is 19.2 Å². The minimum Gasteiger partial charge on any atom is -0.379 e. The molecule has 0 aromatic heterocycles. The first-order valence-corrected chi connectivity index (χ1v) is 20.8. The van der Waals surface area contributed by atoms with Crippen LogP contribution in [0.2, 0.25) is 0 Å². The van der Waals surface area contributed by atoms with Crippen molar-refractivity contribution in [3.63, 3.8) is 0 Å². The molecule has 0 saturated carbocycles. The Balaban J connectivity index is 4.31. The summed E-state index contributed by atoms with van der Waals surface area (Å²) < 4.78 is 23.9. The average molecular weight is 684 g/mol. The number of carbonyl (C=O) groups excluding carboxylic acids is 1. The molecule has 1 N–H and O–H groups in total. The largest absolute Gasteiger partial charge is 0.379 e. The van der Waals surface area contributed by atoms with E-state index in [0.29, 0.717) is 26.2 Å². The van der Waals surface area contributed by atoms with Gasteiger partial charge in [-0.1, -0.05) is 155 Å². The van der Waals surface area contributed by atoms with Crippen molar-refractivity contribution in [1.29, 1.82) is 0 Å².